The lowest BCUT2D eigenvalue weighted by Gasteiger charge is -2.30. The Morgan fingerprint density at radius 2 is 1.92 bits per heavy atom. The number of carboxylic acid groups (broad SMARTS) is 2. The van der Waals surface area contributed by atoms with Gasteiger partial charge in [-0.2, -0.15) is 0 Å². The summed E-state index contributed by atoms with van der Waals surface area (Å²) in [5.41, 5.74) is 4.80. The molecule has 0 aromatic heterocycles. The Balaban J connectivity index is 2.73. The molecule has 1 amide bonds. The van der Waals surface area contributed by atoms with E-state index < -0.39 is 36.5 Å². The van der Waals surface area contributed by atoms with Crippen molar-refractivity contribution >= 4 is 46.9 Å². The molecule has 0 spiro atoms. The fourth-order valence-electron chi connectivity index (χ4n) is 2.85. The van der Waals surface area contributed by atoms with Gasteiger partial charge in [-0.25, -0.2) is 9.59 Å². The van der Waals surface area contributed by atoms with E-state index in [9.17, 15) is 24.6 Å². The molecule has 0 aliphatic carbocycles. The number of rotatable bonds is 5. The van der Waals surface area contributed by atoms with Crippen LogP contribution >= 0.6 is 23.2 Å². The summed E-state index contributed by atoms with van der Waals surface area (Å²) in [6.07, 6.45) is -1.12. The summed E-state index contributed by atoms with van der Waals surface area (Å²) in [5.74, 6) is -5.16. The van der Waals surface area contributed by atoms with E-state index in [0.717, 1.165) is 0 Å². The Labute approximate surface area is 157 Å². The van der Waals surface area contributed by atoms with Crippen molar-refractivity contribution in [2.75, 3.05) is 6.61 Å². The van der Waals surface area contributed by atoms with Gasteiger partial charge >= 0.3 is 18.0 Å². The van der Waals surface area contributed by atoms with E-state index in [1.54, 1.807) is 0 Å². The predicted octanol–water partition coefficient (Wildman–Crippen LogP) is 2.69. The summed E-state index contributed by atoms with van der Waals surface area (Å²) in [6.45, 7) is 0.919. The Morgan fingerprint density at radius 1 is 1.27 bits per heavy atom. The maximum Gasteiger partial charge on any atom is 0.404 e. The number of nitrogens with two attached hydrogens (primary N) is 1. The van der Waals surface area contributed by atoms with Crippen molar-refractivity contribution in [1.29, 1.82) is 0 Å². The molecule has 0 fully saturated rings. The Bertz CT molecular complexity index is 849. The number of nitrogens with zero attached hydrogens (tertiary/aromatic N) is 1. The number of aliphatic imine (C=N–C) groups is 1. The van der Waals surface area contributed by atoms with E-state index >= 15 is 0 Å². The predicted molar refractivity (Wildman–Crippen MR) is 93.6 cm³/mol. The number of halogens is 2. The molecular formula is C16H14Cl2N2O6. The number of hydrogen-bond donors (Lipinski definition) is 3. The zero-order valence-electron chi connectivity index (χ0n) is 13.4. The standard InChI is InChI=1S/C16H14Cl2N2O6/c1-6-10(14(21)22)11(7-3-2-4-8(17)13(7)18)12(15(23)24)9(20-6)5-26-16(19)25/h2-4,10-11H,5H2,1H3,(H2,19,25)(H,21,22)(H,23,24). The second kappa shape index (κ2) is 7.76. The number of carbonyl (C=O) groups excluding carboxylic acids is 1. The molecule has 0 bridgehead atoms. The Morgan fingerprint density at radius 3 is 2.46 bits per heavy atom. The molecule has 1 aromatic carbocycles. The minimum absolute atomic E-state index is 0.0361. The lowest BCUT2D eigenvalue weighted by Crippen LogP contribution is -2.36. The van der Waals surface area contributed by atoms with Gasteiger partial charge in [0, 0.05) is 11.6 Å². The van der Waals surface area contributed by atoms with Crippen molar-refractivity contribution in [3.63, 3.8) is 0 Å². The maximum absolute atomic E-state index is 11.9. The van der Waals surface area contributed by atoms with Gasteiger partial charge in [-0.3, -0.25) is 9.79 Å². The number of ether oxygens (including phenoxy) is 1. The molecule has 0 radical (unpaired) electrons. The van der Waals surface area contributed by atoms with Crippen molar-refractivity contribution in [3.05, 3.63) is 45.1 Å². The van der Waals surface area contributed by atoms with Crippen LogP contribution in [0.5, 0.6) is 0 Å². The quantitative estimate of drug-likeness (QED) is 0.693. The van der Waals surface area contributed by atoms with E-state index in [2.05, 4.69) is 9.73 Å². The topological polar surface area (TPSA) is 139 Å². The third kappa shape index (κ3) is 3.81. The Hall–Kier alpha value is -2.58. The van der Waals surface area contributed by atoms with Crippen LogP contribution in [0, 0.1) is 5.92 Å². The average Bonchev–Trinajstić information content (AvgIpc) is 2.53. The highest BCUT2D eigenvalue weighted by Gasteiger charge is 2.43. The van der Waals surface area contributed by atoms with Gasteiger partial charge in [0.2, 0.25) is 0 Å². The lowest BCUT2D eigenvalue weighted by molar-refractivity contribution is -0.140. The van der Waals surface area contributed by atoms with Gasteiger partial charge in [0.15, 0.2) is 0 Å². The second-order valence-corrected chi connectivity index (χ2v) is 6.25. The van der Waals surface area contributed by atoms with E-state index in [1.807, 2.05) is 0 Å². The first-order valence-electron chi connectivity index (χ1n) is 7.25. The normalized spacial score (nSPS) is 19.7. The molecule has 1 heterocycles. The van der Waals surface area contributed by atoms with Gasteiger partial charge in [0.25, 0.3) is 0 Å². The van der Waals surface area contributed by atoms with Gasteiger partial charge < -0.3 is 20.7 Å². The molecule has 2 rings (SSSR count). The zero-order chi connectivity index (χ0) is 19.6. The molecule has 1 aliphatic heterocycles. The van der Waals surface area contributed by atoms with Gasteiger partial charge in [0.05, 0.1) is 21.3 Å². The molecule has 2 atom stereocenters. The number of hydrogen-bond acceptors (Lipinski definition) is 5. The molecule has 1 aromatic rings. The Kier molecular flexibility index (Phi) is 5.89. The largest absolute Gasteiger partial charge is 0.481 e. The molecule has 0 saturated carbocycles. The molecule has 8 nitrogen and oxygen atoms in total. The number of carbonyl (C=O) groups is 3. The lowest BCUT2D eigenvalue weighted by atomic mass is 9.75. The first-order valence-corrected chi connectivity index (χ1v) is 8.01. The summed E-state index contributed by atoms with van der Waals surface area (Å²) in [7, 11) is 0. The molecule has 1 aliphatic rings. The van der Waals surface area contributed by atoms with Gasteiger partial charge in [-0.05, 0) is 18.6 Å². The van der Waals surface area contributed by atoms with Crippen LogP contribution in [0.4, 0.5) is 4.79 Å². The van der Waals surface area contributed by atoms with E-state index in [1.165, 1.54) is 25.1 Å². The van der Waals surface area contributed by atoms with Crippen LogP contribution in [-0.4, -0.2) is 40.6 Å². The second-order valence-electron chi connectivity index (χ2n) is 5.46. The van der Waals surface area contributed by atoms with E-state index in [-0.39, 0.29) is 32.6 Å². The highest BCUT2D eigenvalue weighted by atomic mass is 35.5. The van der Waals surface area contributed by atoms with Crippen LogP contribution in [-0.2, 0) is 14.3 Å². The molecule has 0 saturated heterocycles. The summed E-state index contributed by atoms with van der Waals surface area (Å²) < 4.78 is 4.65. The van der Waals surface area contributed by atoms with E-state index in [4.69, 9.17) is 28.9 Å². The maximum atomic E-state index is 11.9. The number of benzene rings is 1. The van der Waals surface area contributed by atoms with Crippen LogP contribution in [0.1, 0.15) is 18.4 Å². The van der Waals surface area contributed by atoms with Crippen molar-refractivity contribution in [2.24, 2.45) is 16.6 Å². The van der Waals surface area contributed by atoms with Gasteiger partial charge in [-0.1, -0.05) is 35.3 Å². The molecule has 10 heteroatoms. The van der Waals surface area contributed by atoms with Crippen molar-refractivity contribution in [1.82, 2.24) is 0 Å². The number of carboxylic acids is 2. The summed E-state index contributed by atoms with van der Waals surface area (Å²) >= 11 is 12.2. The van der Waals surface area contributed by atoms with Crippen molar-refractivity contribution in [2.45, 2.75) is 12.8 Å². The number of amides is 1. The van der Waals surface area contributed by atoms with Gasteiger partial charge in [0.1, 0.15) is 12.5 Å². The third-order valence-corrected chi connectivity index (χ3v) is 4.71. The minimum atomic E-state index is -1.42. The summed E-state index contributed by atoms with van der Waals surface area (Å²) in [5, 5.41) is 19.5. The SMILES string of the molecule is CC1=NC(COC(N)=O)=C(C(=O)O)C(c2cccc(Cl)c2Cl)C1C(=O)O. The van der Waals surface area contributed by atoms with Crippen molar-refractivity contribution in [3.8, 4) is 0 Å². The number of primary amides is 1. The van der Waals surface area contributed by atoms with Crippen LogP contribution in [0.2, 0.25) is 10.0 Å². The summed E-state index contributed by atoms with van der Waals surface area (Å²) in [4.78, 5) is 38.6. The smallest absolute Gasteiger partial charge is 0.404 e. The van der Waals surface area contributed by atoms with Crippen LogP contribution in [0.25, 0.3) is 0 Å². The van der Waals surface area contributed by atoms with Crippen molar-refractivity contribution < 1.29 is 29.3 Å². The van der Waals surface area contributed by atoms with Crippen LogP contribution in [0.3, 0.4) is 0 Å². The molecule has 26 heavy (non-hydrogen) atoms. The molecule has 4 N–H and O–H groups in total. The molecule has 138 valence electrons. The van der Waals surface area contributed by atoms with E-state index in [0.29, 0.717) is 0 Å². The third-order valence-electron chi connectivity index (χ3n) is 3.88. The number of aliphatic carboxylic acids is 2. The minimum Gasteiger partial charge on any atom is -0.481 e. The van der Waals surface area contributed by atoms with Gasteiger partial charge in [-0.15, -0.1) is 0 Å². The fourth-order valence-corrected chi connectivity index (χ4v) is 3.28. The first kappa shape index (κ1) is 19.7. The molecular weight excluding hydrogens is 387 g/mol. The highest BCUT2D eigenvalue weighted by molar-refractivity contribution is 6.42. The van der Waals surface area contributed by atoms with Crippen LogP contribution < -0.4 is 5.73 Å². The van der Waals surface area contributed by atoms with Crippen LogP contribution in [0.15, 0.2) is 34.5 Å². The summed E-state index contributed by atoms with van der Waals surface area (Å²) in [6, 6.07) is 4.51. The average molecular weight is 401 g/mol. The zero-order valence-corrected chi connectivity index (χ0v) is 14.9. The fraction of sp³-hybridized carbons (Fsp3) is 0.250. The highest BCUT2D eigenvalue weighted by Crippen LogP contribution is 2.43. The molecule has 2 unspecified atom stereocenters. The first-order chi connectivity index (χ1) is 12.1. The monoisotopic (exact) mass is 400 g/mol.